The summed E-state index contributed by atoms with van der Waals surface area (Å²) in [5.41, 5.74) is 1.16. The van der Waals surface area contributed by atoms with Gasteiger partial charge in [-0.25, -0.2) is 4.98 Å². The van der Waals surface area contributed by atoms with E-state index >= 15 is 0 Å². The zero-order valence-electron chi connectivity index (χ0n) is 10.7. The lowest BCUT2D eigenvalue weighted by atomic mass is 9.89. The van der Waals surface area contributed by atoms with E-state index in [1.54, 1.807) is 24.5 Å². The summed E-state index contributed by atoms with van der Waals surface area (Å²) < 4.78 is 0. The highest BCUT2D eigenvalue weighted by molar-refractivity contribution is 5.95. The van der Waals surface area contributed by atoms with Gasteiger partial charge in [0.15, 0.2) is 0 Å². The van der Waals surface area contributed by atoms with Crippen LogP contribution in [0.1, 0.15) is 20.3 Å². The SMILES string of the molecule is CC(C)(CC(=O)Nc1ccc2nc[nH]c2c1)C(=O)O. The van der Waals surface area contributed by atoms with Crippen molar-refractivity contribution < 1.29 is 14.7 Å². The summed E-state index contributed by atoms with van der Waals surface area (Å²) in [7, 11) is 0. The van der Waals surface area contributed by atoms with E-state index in [0.717, 1.165) is 11.0 Å². The summed E-state index contributed by atoms with van der Waals surface area (Å²) in [6.45, 7) is 3.04. The first-order chi connectivity index (χ1) is 8.88. The molecule has 0 aliphatic rings. The lowest BCUT2D eigenvalue weighted by molar-refractivity contribution is -0.148. The maximum Gasteiger partial charge on any atom is 0.309 e. The fourth-order valence-corrected chi connectivity index (χ4v) is 1.70. The molecule has 19 heavy (non-hydrogen) atoms. The Hall–Kier alpha value is -2.37. The molecule has 0 bridgehead atoms. The molecular weight excluding hydrogens is 246 g/mol. The van der Waals surface area contributed by atoms with Crippen LogP contribution in [0.15, 0.2) is 24.5 Å². The van der Waals surface area contributed by atoms with Crippen LogP contribution in [0, 0.1) is 5.41 Å². The Labute approximate surface area is 109 Å². The second-order valence-corrected chi connectivity index (χ2v) is 5.05. The summed E-state index contributed by atoms with van der Waals surface area (Å²) in [5.74, 6) is -1.32. The van der Waals surface area contributed by atoms with Crippen LogP contribution in [0.3, 0.4) is 0 Å². The number of carboxylic acids is 1. The Morgan fingerprint density at radius 1 is 1.42 bits per heavy atom. The minimum atomic E-state index is -1.08. The van der Waals surface area contributed by atoms with Gasteiger partial charge >= 0.3 is 5.97 Å². The molecule has 1 aromatic heterocycles. The third-order valence-corrected chi connectivity index (χ3v) is 2.89. The summed E-state index contributed by atoms with van der Waals surface area (Å²) in [6, 6.07) is 5.27. The molecule has 0 spiro atoms. The Morgan fingerprint density at radius 2 is 2.16 bits per heavy atom. The van der Waals surface area contributed by atoms with Crippen molar-refractivity contribution in [2.24, 2.45) is 5.41 Å². The first kappa shape index (κ1) is 13.1. The number of aromatic amines is 1. The van der Waals surface area contributed by atoms with E-state index in [2.05, 4.69) is 15.3 Å². The molecule has 0 atom stereocenters. The number of nitrogens with zero attached hydrogens (tertiary/aromatic N) is 1. The molecule has 0 aliphatic heterocycles. The summed E-state index contributed by atoms with van der Waals surface area (Å²) in [4.78, 5) is 29.8. The van der Waals surface area contributed by atoms with E-state index < -0.39 is 11.4 Å². The fourth-order valence-electron chi connectivity index (χ4n) is 1.70. The topological polar surface area (TPSA) is 95.1 Å². The third-order valence-electron chi connectivity index (χ3n) is 2.89. The first-order valence-electron chi connectivity index (χ1n) is 5.85. The van der Waals surface area contributed by atoms with E-state index in [1.807, 2.05) is 0 Å². The number of aromatic nitrogens is 2. The number of rotatable bonds is 4. The van der Waals surface area contributed by atoms with Gasteiger partial charge in [-0.05, 0) is 32.0 Å². The quantitative estimate of drug-likeness (QED) is 0.784. The Kier molecular flexibility index (Phi) is 3.25. The Bertz CT molecular complexity index is 631. The van der Waals surface area contributed by atoms with Crippen molar-refractivity contribution in [3.8, 4) is 0 Å². The number of carbonyl (C=O) groups excluding carboxylic acids is 1. The number of nitrogens with one attached hydrogen (secondary N) is 2. The molecule has 0 fully saturated rings. The maximum absolute atomic E-state index is 11.8. The van der Waals surface area contributed by atoms with Gasteiger partial charge in [-0.15, -0.1) is 0 Å². The standard InChI is InChI=1S/C13H15N3O3/c1-13(2,12(18)19)6-11(17)16-8-3-4-9-10(5-8)15-7-14-9/h3-5,7H,6H2,1-2H3,(H,14,15)(H,16,17)(H,18,19). The number of aliphatic carboxylic acids is 1. The van der Waals surface area contributed by atoms with Gasteiger partial charge in [-0.2, -0.15) is 0 Å². The second-order valence-electron chi connectivity index (χ2n) is 5.05. The Balaban J connectivity index is 2.08. The van der Waals surface area contributed by atoms with Crippen LogP contribution in [0.2, 0.25) is 0 Å². The molecule has 6 heteroatoms. The molecule has 1 heterocycles. The van der Waals surface area contributed by atoms with Gasteiger partial charge < -0.3 is 15.4 Å². The normalized spacial score (nSPS) is 11.5. The number of imidazole rings is 1. The summed E-state index contributed by atoms with van der Waals surface area (Å²) in [6.07, 6.45) is 1.49. The van der Waals surface area contributed by atoms with Crippen LogP contribution in [0.5, 0.6) is 0 Å². The van der Waals surface area contributed by atoms with E-state index in [4.69, 9.17) is 5.11 Å². The van der Waals surface area contributed by atoms with Crippen molar-refractivity contribution >= 4 is 28.6 Å². The van der Waals surface area contributed by atoms with Crippen LogP contribution in [-0.2, 0) is 9.59 Å². The highest BCUT2D eigenvalue weighted by atomic mass is 16.4. The van der Waals surface area contributed by atoms with Gasteiger partial charge in [0, 0.05) is 12.1 Å². The number of hydrogen-bond donors (Lipinski definition) is 3. The highest BCUT2D eigenvalue weighted by Crippen LogP contribution is 2.22. The number of H-pyrrole nitrogens is 1. The zero-order chi connectivity index (χ0) is 14.0. The maximum atomic E-state index is 11.8. The molecular formula is C13H15N3O3. The Morgan fingerprint density at radius 3 is 2.84 bits per heavy atom. The number of hydrogen-bond acceptors (Lipinski definition) is 3. The molecule has 0 saturated heterocycles. The van der Waals surface area contributed by atoms with Crippen LogP contribution in [0.4, 0.5) is 5.69 Å². The number of carboxylic acid groups (broad SMARTS) is 1. The molecule has 0 aliphatic carbocycles. The lowest BCUT2D eigenvalue weighted by Gasteiger charge is -2.18. The van der Waals surface area contributed by atoms with Gasteiger partial charge in [0.1, 0.15) is 0 Å². The summed E-state index contributed by atoms with van der Waals surface area (Å²) in [5, 5.41) is 11.7. The van der Waals surface area contributed by atoms with Crippen molar-refractivity contribution in [2.75, 3.05) is 5.32 Å². The summed E-state index contributed by atoms with van der Waals surface area (Å²) >= 11 is 0. The molecule has 0 saturated carbocycles. The van der Waals surface area contributed by atoms with Crippen molar-refractivity contribution in [2.45, 2.75) is 20.3 Å². The van der Waals surface area contributed by atoms with E-state index in [0.29, 0.717) is 5.69 Å². The predicted molar refractivity (Wildman–Crippen MR) is 70.8 cm³/mol. The number of fused-ring (bicyclic) bond motifs is 1. The van der Waals surface area contributed by atoms with Crippen LogP contribution >= 0.6 is 0 Å². The van der Waals surface area contributed by atoms with Gasteiger partial charge in [-0.1, -0.05) is 0 Å². The number of benzene rings is 1. The molecule has 0 unspecified atom stereocenters. The van der Waals surface area contributed by atoms with Gasteiger partial charge in [0.05, 0.1) is 22.8 Å². The smallest absolute Gasteiger partial charge is 0.309 e. The van der Waals surface area contributed by atoms with Crippen molar-refractivity contribution in [3.05, 3.63) is 24.5 Å². The molecule has 2 rings (SSSR count). The molecule has 2 aromatic rings. The fraction of sp³-hybridized carbons (Fsp3) is 0.308. The molecule has 0 radical (unpaired) electrons. The molecule has 6 nitrogen and oxygen atoms in total. The van der Waals surface area contributed by atoms with Gasteiger partial charge in [0.25, 0.3) is 0 Å². The number of anilines is 1. The molecule has 1 aromatic carbocycles. The third kappa shape index (κ3) is 2.90. The predicted octanol–water partition coefficient (Wildman–Crippen LogP) is 2.00. The minimum absolute atomic E-state index is 0.0800. The van der Waals surface area contributed by atoms with Crippen molar-refractivity contribution in [1.82, 2.24) is 9.97 Å². The first-order valence-corrected chi connectivity index (χ1v) is 5.85. The van der Waals surface area contributed by atoms with Crippen LogP contribution < -0.4 is 5.32 Å². The zero-order valence-corrected chi connectivity index (χ0v) is 10.7. The second kappa shape index (κ2) is 4.72. The molecule has 1 amide bonds. The largest absolute Gasteiger partial charge is 0.481 e. The van der Waals surface area contributed by atoms with Crippen LogP contribution in [0.25, 0.3) is 11.0 Å². The monoisotopic (exact) mass is 261 g/mol. The number of amides is 1. The average Bonchev–Trinajstić information content (AvgIpc) is 2.74. The van der Waals surface area contributed by atoms with Gasteiger partial charge in [-0.3, -0.25) is 9.59 Å². The minimum Gasteiger partial charge on any atom is -0.481 e. The van der Waals surface area contributed by atoms with Crippen LogP contribution in [-0.4, -0.2) is 27.0 Å². The molecule has 100 valence electrons. The molecule has 3 N–H and O–H groups in total. The van der Waals surface area contributed by atoms with Crippen molar-refractivity contribution in [3.63, 3.8) is 0 Å². The van der Waals surface area contributed by atoms with E-state index in [9.17, 15) is 9.59 Å². The average molecular weight is 261 g/mol. The van der Waals surface area contributed by atoms with Crippen molar-refractivity contribution in [1.29, 1.82) is 0 Å². The van der Waals surface area contributed by atoms with Gasteiger partial charge in [0.2, 0.25) is 5.91 Å². The van der Waals surface area contributed by atoms with E-state index in [1.165, 1.54) is 13.8 Å². The number of carbonyl (C=O) groups is 2. The lowest BCUT2D eigenvalue weighted by Crippen LogP contribution is -2.29. The highest BCUT2D eigenvalue weighted by Gasteiger charge is 2.30. The van der Waals surface area contributed by atoms with E-state index in [-0.39, 0.29) is 12.3 Å².